The molecule has 0 saturated carbocycles. The Morgan fingerprint density at radius 1 is 1.00 bits per heavy atom. The molecule has 0 aliphatic heterocycles. The molecule has 0 aromatic heterocycles. The summed E-state index contributed by atoms with van der Waals surface area (Å²) in [5.41, 5.74) is -5.07. The SMILES string of the molecule is [B]C1(F)C(F)=C(F)C(F)C(F)(F)C1(F)F. The smallest absolute Gasteiger partial charge is 0.241 e. The summed E-state index contributed by atoms with van der Waals surface area (Å²) in [5.74, 6) is -17.7. The lowest BCUT2D eigenvalue weighted by Crippen LogP contribution is -2.64. The molecule has 1 rings (SSSR count). The summed E-state index contributed by atoms with van der Waals surface area (Å²) in [5, 5.41) is 0. The molecule has 2 atom stereocenters. The van der Waals surface area contributed by atoms with Crippen LogP contribution in [0.15, 0.2) is 11.7 Å². The lowest BCUT2D eigenvalue weighted by Gasteiger charge is -2.40. The Kier molecular flexibility index (Phi) is 2.37. The van der Waals surface area contributed by atoms with E-state index in [9.17, 15) is 35.1 Å². The van der Waals surface area contributed by atoms with Gasteiger partial charge in [0, 0.05) is 0 Å². The zero-order valence-electron chi connectivity index (χ0n) is 6.68. The number of halogens is 8. The average Bonchev–Trinajstić information content (AvgIpc) is 2.12. The van der Waals surface area contributed by atoms with Crippen molar-refractivity contribution >= 4 is 7.85 Å². The predicted octanol–water partition coefficient (Wildman–Crippen LogP) is 2.59. The Morgan fingerprint density at radius 3 is 1.80 bits per heavy atom. The van der Waals surface area contributed by atoms with Gasteiger partial charge in [-0.15, -0.1) is 0 Å². The van der Waals surface area contributed by atoms with Crippen LogP contribution < -0.4 is 0 Å². The summed E-state index contributed by atoms with van der Waals surface area (Å²) < 4.78 is 99.5. The van der Waals surface area contributed by atoms with Gasteiger partial charge in [-0.05, 0) is 0 Å². The van der Waals surface area contributed by atoms with E-state index in [1.165, 1.54) is 0 Å². The lowest BCUT2D eigenvalue weighted by atomic mass is 9.70. The number of hydrogen-bond donors (Lipinski definition) is 0. The van der Waals surface area contributed by atoms with Crippen molar-refractivity contribution < 1.29 is 35.1 Å². The van der Waals surface area contributed by atoms with E-state index in [0.717, 1.165) is 0 Å². The van der Waals surface area contributed by atoms with Crippen LogP contribution in [0.25, 0.3) is 0 Å². The molecule has 2 unspecified atom stereocenters. The fourth-order valence-corrected chi connectivity index (χ4v) is 0.984. The van der Waals surface area contributed by atoms with Crippen molar-refractivity contribution in [3.05, 3.63) is 11.7 Å². The molecule has 1 aliphatic carbocycles. The maximum absolute atomic E-state index is 12.7. The first kappa shape index (κ1) is 12.3. The zero-order chi connectivity index (χ0) is 12.2. The average molecular weight is 236 g/mol. The van der Waals surface area contributed by atoms with Gasteiger partial charge in [0.1, 0.15) is 7.85 Å². The number of rotatable bonds is 0. The van der Waals surface area contributed by atoms with Gasteiger partial charge in [-0.3, -0.25) is 0 Å². The molecule has 15 heavy (non-hydrogen) atoms. The highest BCUT2D eigenvalue weighted by Gasteiger charge is 2.77. The van der Waals surface area contributed by atoms with E-state index in [0.29, 0.717) is 0 Å². The van der Waals surface area contributed by atoms with Crippen molar-refractivity contribution in [1.82, 2.24) is 0 Å². The highest BCUT2D eigenvalue weighted by molar-refractivity contribution is 6.17. The second-order valence-electron chi connectivity index (χ2n) is 2.93. The normalized spacial score (nSPS) is 39.3. The minimum absolute atomic E-state index is 2.96. The van der Waals surface area contributed by atoms with Crippen molar-refractivity contribution in [2.24, 2.45) is 0 Å². The van der Waals surface area contributed by atoms with E-state index < -0.39 is 35.2 Å². The van der Waals surface area contributed by atoms with Gasteiger partial charge in [0.05, 0.1) is 0 Å². The largest absolute Gasteiger partial charge is 0.350 e. The van der Waals surface area contributed by atoms with Crippen LogP contribution in [0.5, 0.6) is 0 Å². The van der Waals surface area contributed by atoms with E-state index in [4.69, 9.17) is 0 Å². The molecule has 0 aromatic carbocycles. The van der Waals surface area contributed by atoms with Crippen molar-refractivity contribution in [2.75, 3.05) is 0 Å². The van der Waals surface area contributed by atoms with Gasteiger partial charge < -0.3 is 0 Å². The van der Waals surface area contributed by atoms with E-state index in [1.807, 2.05) is 0 Å². The highest BCUT2D eigenvalue weighted by Crippen LogP contribution is 2.55. The summed E-state index contributed by atoms with van der Waals surface area (Å²) in [6.07, 6.45) is -4.26. The van der Waals surface area contributed by atoms with Crippen LogP contribution in [-0.4, -0.2) is 31.4 Å². The van der Waals surface area contributed by atoms with Crippen LogP contribution in [-0.2, 0) is 0 Å². The third kappa shape index (κ3) is 1.21. The fraction of sp³-hybridized carbons (Fsp3) is 0.667. The third-order valence-corrected chi connectivity index (χ3v) is 1.95. The lowest BCUT2D eigenvalue weighted by molar-refractivity contribution is -0.276. The molecule has 0 nitrogen and oxygen atoms in total. The van der Waals surface area contributed by atoms with E-state index >= 15 is 0 Å². The summed E-state index contributed by atoms with van der Waals surface area (Å²) in [4.78, 5) is 0. The van der Waals surface area contributed by atoms with Crippen molar-refractivity contribution in [2.45, 2.75) is 23.6 Å². The minimum Gasteiger partial charge on any atom is -0.241 e. The number of alkyl halides is 6. The second kappa shape index (κ2) is 2.88. The molecule has 2 radical (unpaired) electrons. The van der Waals surface area contributed by atoms with Gasteiger partial charge in [0.25, 0.3) is 0 Å². The molecule has 84 valence electrons. The first-order chi connectivity index (χ1) is 6.48. The molecule has 1 aliphatic rings. The highest BCUT2D eigenvalue weighted by atomic mass is 19.3. The first-order valence-corrected chi connectivity index (χ1v) is 3.41. The number of allylic oxidation sites excluding steroid dienone is 2. The molecule has 0 fully saturated rings. The molecule has 9 heteroatoms. The van der Waals surface area contributed by atoms with Crippen LogP contribution in [0.1, 0.15) is 0 Å². The summed E-state index contributed by atoms with van der Waals surface area (Å²) in [7, 11) is 3.89. The van der Waals surface area contributed by atoms with Crippen LogP contribution in [0.2, 0.25) is 0 Å². The molecule has 0 saturated heterocycles. The summed E-state index contributed by atoms with van der Waals surface area (Å²) >= 11 is 0. The molecular formula is C6HBF8. The fourth-order valence-electron chi connectivity index (χ4n) is 0.984. The third-order valence-electron chi connectivity index (χ3n) is 1.95. The summed E-state index contributed by atoms with van der Waals surface area (Å²) in [6.45, 7) is 0. The van der Waals surface area contributed by atoms with Crippen LogP contribution in [0.4, 0.5) is 35.1 Å². The van der Waals surface area contributed by atoms with Gasteiger partial charge in [-0.2, -0.15) is 17.6 Å². The quantitative estimate of drug-likeness (QED) is 0.447. The molecule has 0 bridgehead atoms. The Bertz CT molecular complexity index is 319. The maximum atomic E-state index is 12.7. The molecule has 0 aromatic rings. The standard InChI is InChI=1S/C6HBF8/c7-4(11)2(9)1(8)3(10)5(12,13)6(4,14)15/h3H. The van der Waals surface area contributed by atoms with Crippen LogP contribution >= 0.6 is 0 Å². The van der Waals surface area contributed by atoms with Crippen molar-refractivity contribution in [3.8, 4) is 0 Å². The minimum atomic E-state index is -5.88. The van der Waals surface area contributed by atoms with E-state index in [1.54, 1.807) is 0 Å². The van der Waals surface area contributed by atoms with Crippen LogP contribution in [0, 0.1) is 0 Å². The molecule has 0 heterocycles. The van der Waals surface area contributed by atoms with Gasteiger partial charge in [0.15, 0.2) is 17.2 Å². The van der Waals surface area contributed by atoms with Gasteiger partial charge in [-0.1, -0.05) is 0 Å². The zero-order valence-corrected chi connectivity index (χ0v) is 6.68. The van der Waals surface area contributed by atoms with Gasteiger partial charge in [0.2, 0.25) is 6.17 Å². The second-order valence-corrected chi connectivity index (χ2v) is 2.93. The molecule has 0 spiro atoms. The molecule has 0 N–H and O–H groups in total. The first-order valence-electron chi connectivity index (χ1n) is 3.41. The van der Waals surface area contributed by atoms with Crippen molar-refractivity contribution in [1.29, 1.82) is 0 Å². The Morgan fingerprint density at radius 2 is 1.40 bits per heavy atom. The summed E-state index contributed by atoms with van der Waals surface area (Å²) in [6, 6.07) is 0. The maximum Gasteiger partial charge on any atom is 0.350 e. The van der Waals surface area contributed by atoms with Gasteiger partial charge in [-0.25, -0.2) is 17.6 Å². The van der Waals surface area contributed by atoms with E-state index in [-0.39, 0.29) is 0 Å². The molecule has 0 amide bonds. The predicted molar refractivity (Wildman–Crippen MR) is 33.6 cm³/mol. The Balaban J connectivity index is 3.49. The van der Waals surface area contributed by atoms with Crippen LogP contribution in [0.3, 0.4) is 0 Å². The number of hydrogen-bond acceptors (Lipinski definition) is 0. The van der Waals surface area contributed by atoms with Crippen molar-refractivity contribution in [3.63, 3.8) is 0 Å². The Hall–Kier alpha value is -0.755. The Labute approximate surface area is 79.3 Å². The molecular weight excluding hydrogens is 235 g/mol. The van der Waals surface area contributed by atoms with E-state index in [2.05, 4.69) is 7.85 Å². The topological polar surface area (TPSA) is 0 Å². The van der Waals surface area contributed by atoms with Gasteiger partial charge >= 0.3 is 11.8 Å². The monoisotopic (exact) mass is 236 g/mol.